The fourth-order valence-electron chi connectivity index (χ4n) is 1.94. The number of nitrogens with zero attached hydrogens (tertiary/aromatic N) is 4. The lowest BCUT2D eigenvalue weighted by Gasteiger charge is -2.31. The van der Waals surface area contributed by atoms with E-state index in [0.29, 0.717) is 12.4 Å². The van der Waals surface area contributed by atoms with Gasteiger partial charge in [-0.15, -0.1) is 0 Å². The average Bonchev–Trinajstić information content (AvgIpc) is 2.80. The number of rotatable bonds is 4. The lowest BCUT2D eigenvalue weighted by atomic mass is 10.1. The molecule has 2 rings (SSSR count). The van der Waals surface area contributed by atoms with Crippen molar-refractivity contribution >= 4 is 5.95 Å². The van der Waals surface area contributed by atoms with E-state index in [0.717, 1.165) is 38.5 Å². The monoisotopic (exact) mass is 239 g/mol. The maximum atomic E-state index is 5.53. The summed E-state index contributed by atoms with van der Waals surface area (Å²) >= 11 is 0. The molecule has 1 aromatic rings. The molecule has 0 saturated carbocycles. The van der Waals surface area contributed by atoms with Gasteiger partial charge in [-0.2, -0.15) is 4.98 Å². The quantitative estimate of drug-likeness (QED) is 0.813. The fraction of sp³-hybridized carbons (Fsp3) is 0.818. The molecule has 17 heavy (non-hydrogen) atoms. The minimum absolute atomic E-state index is 0.244. The second-order valence-electron chi connectivity index (χ2n) is 4.70. The van der Waals surface area contributed by atoms with E-state index in [-0.39, 0.29) is 5.92 Å². The van der Waals surface area contributed by atoms with Crippen molar-refractivity contribution in [2.24, 2.45) is 5.73 Å². The number of nitrogens with two attached hydrogens (primary N) is 1. The summed E-state index contributed by atoms with van der Waals surface area (Å²) < 4.78 is 5.29. The van der Waals surface area contributed by atoms with Gasteiger partial charge in [0.25, 0.3) is 5.95 Å². The summed E-state index contributed by atoms with van der Waals surface area (Å²) in [5.41, 5.74) is 5.53. The fourth-order valence-corrected chi connectivity index (χ4v) is 1.94. The summed E-state index contributed by atoms with van der Waals surface area (Å²) in [6, 6.07) is 0. The molecule has 0 radical (unpaired) electrons. The van der Waals surface area contributed by atoms with Crippen molar-refractivity contribution in [1.82, 2.24) is 15.0 Å². The minimum atomic E-state index is 0.244. The molecule has 0 spiro atoms. The Morgan fingerprint density at radius 1 is 1.35 bits per heavy atom. The molecular formula is C11H21N5O. The van der Waals surface area contributed by atoms with Crippen molar-refractivity contribution in [3.8, 4) is 0 Å². The van der Waals surface area contributed by atoms with Crippen LogP contribution in [-0.4, -0.2) is 54.8 Å². The maximum absolute atomic E-state index is 5.53. The average molecular weight is 239 g/mol. The van der Waals surface area contributed by atoms with Crippen molar-refractivity contribution in [3.05, 3.63) is 5.89 Å². The van der Waals surface area contributed by atoms with Gasteiger partial charge in [0.05, 0.1) is 0 Å². The van der Waals surface area contributed by atoms with Crippen LogP contribution in [0.15, 0.2) is 4.52 Å². The predicted molar refractivity (Wildman–Crippen MR) is 66.1 cm³/mol. The first-order valence-electron chi connectivity index (χ1n) is 6.18. The number of hydrogen-bond acceptors (Lipinski definition) is 6. The van der Waals surface area contributed by atoms with E-state index in [4.69, 9.17) is 10.3 Å². The van der Waals surface area contributed by atoms with Gasteiger partial charge in [-0.25, -0.2) is 0 Å². The first-order chi connectivity index (χ1) is 8.20. The molecule has 0 bridgehead atoms. The Kier molecular flexibility index (Phi) is 3.96. The van der Waals surface area contributed by atoms with Crippen molar-refractivity contribution in [3.63, 3.8) is 0 Å². The molecule has 0 aliphatic carbocycles. The summed E-state index contributed by atoms with van der Waals surface area (Å²) in [4.78, 5) is 8.92. The highest BCUT2D eigenvalue weighted by Crippen LogP contribution is 2.19. The molecule has 2 N–H and O–H groups in total. The van der Waals surface area contributed by atoms with Crippen LogP contribution in [-0.2, 0) is 0 Å². The Morgan fingerprint density at radius 2 is 2.06 bits per heavy atom. The van der Waals surface area contributed by atoms with E-state index in [9.17, 15) is 0 Å². The van der Waals surface area contributed by atoms with Gasteiger partial charge in [0.1, 0.15) is 0 Å². The van der Waals surface area contributed by atoms with Gasteiger partial charge in [0, 0.05) is 32.1 Å². The number of anilines is 1. The van der Waals surface area contributed by atoms with Gasteiger partial charge in [-0.1, -0.05) is 6.92 Å². The van der Waals surface area contributed by atoms with E-state index in [1.807, 2.05) is 0 Å². The van der Waals surface area contributed by atoms with E-state index >= 15 is 0 Å². The van der Waals surface area contributed by atoms with Crippen LogP contribution in [0.5, 0.6) is 0 Å². The first-order valence-corrected chi connectivity index (χ1v) is 6.18. The molecule has 6 nitrogen and oxygen atoms in total. The molecule has 1 aliphatic heterocycles. The Labute approximate surface area is 102 Å². The minimum Gasteiger partial charge on any atom is -0.337 e. The summed E-state index contributed by atoms with van der Waals surface area (Å²) in [7, 11) is 2.13. The van der Waals surface area contributed by atoms with Crippen LogP contribution in [0.4, 0.5) is 5.95 Å². The van der Waals surface area contributed by atoms with Crippen LogP contribution in [0.3, 0.4) is 0 Å². The smallest absolute Gasteiger partial charge is 0.266 e. The first kappa shape index (κ1) is 12.3. The highest BCUT2D eigenvalue weighted by Gasteiger charge is 2.20. The second-order valence-corrected chi connectivity index (χ2v) is 4.70. The summed E-state index contributed by atoms with van der Waals surface area (Å²) in [5, 5.41) is 4.05. The molecule has 1 fully saturated rings. The molecule has 0 amide bonds. The molecule has 6 heteroatoms. The van der Waals surface area contributed by atoms with Gasteiger partial charge >= 0.3 is 0 Å². The van der Waals surface area contributed by atoms with Crippen molar-refractivity contribution < 1.29 is 4.52 Å². The molecule has 1 atom stereocenters. The highest BCUT2D eigenvalue weighted by atomic mass is 16.5. The number of piperazine rings is 1. The van der Waals surface area contributed by atoms with Crippen LogP contribution >= 0.6 is 0 Å². The van der Waals surface area contributed by atoms with Crippen LogP contribution in [0.2, 0.25) is 0 Å². The third-order valence-corrected chi connectivity index (χ3v) is 3.24. The van der Waals surface area contributed by atoms with Gasteiger partial charge < -0.3 is 20.1 Å². The Hall–Kier alpha value is -1.14. The Morgan fingerprint density at radius 3 is 2.71 bits per heavy atom. The Bertz CT molecular complexity index is 345. The van der Waals surface area contributed by atoms with Crippen LogP contribution in [0.25, 0.3) is 0 Å². The maximum Gasteiger partial charge on any atom is 0.266 e. The molecule has 96 valence electrons. The van der Waals surface area contributed by atoms with E-state index in [1.54, 1.807) is 0 Å². The van der Waals surface area contributed by atoms with E-state index in [2.05, 4.69) is 33.9 Å². The third kappa shape index (κ3) is 2.95. The Balaban J connectivity index is 1.98. The zero-order valence-corrected chi connectivity index (χ0v) is 10.6. The molecule has 1 aromatic heterocycles. The lowest BCUT2D eigenvalue weighted by Crippen LogP contribution is -2.44. The zero-order chi connectivity index (χ0) is 12.3. The van der Waals surface area contributed by atoms with Gasteiger partial charge in [-0.05, 0) is 25.2 Å². The van der Waals surface area contributed by atoms with Crippen molar-refractivity contribution in [1.29, 1.82) is 0 Å². The second kappa shape index (κ2) is 5.46. The van der Waals surface area contributed by atoms with Gasteiger partial charge in [-0.3, -0.25) is 0 Å². The third-order valence-electron chi connectivity index (χ3n) is 3.24. The van der Waals surface area contributed by atoms with E-state index < -0.39 is 0 Å². The van der Waals surface area contributed by atoms with Gasteiger partial charge in [0.2, 0.25) is 5.89 Å². The molecular weight excluding hydrogens is 218 g/mol. The van der Waals surface area contributed by atoms with E-state index in [1.165, 1.54) is 0 Å². The normalized spacial score (nSPS) is 19.6. The zero-order valence-electron chi connectivity index (χ0n) is 10.6. The molecule has 2 heterocycles. The number of aromatic nitrogens is 2. The number of likely N-dealkylation sites (N-methyl/N-ethyl adjacent to an activating group) is 1. The molecule has 0 aromatic carbocycles. The summed E-state index contributed by atoms with van der Waals surface area (Å²) in [5.74, 6) is 1.66. The topological polar surface area (TPSA) is 71.4 Å². The van der Waals surface area contributed by atoms with Crippen LogP contribution in [0.1, 0.15) is 25.2 Å². The van der Waals surface area contributed by atoms with Crippen molar-refractivity contribution in [2.75, 3.05) is 44.7 Å². The molecule has 1 aliphatic rings. The van der Waals surface area contributed by atoms with Crippen molar-refractivity contribution in [2.45, 2.75) is 19.3 Å². The summed E-state index contributed by atoms with van der Waals surface area (Å²) in [6.07, 6.45) is 0.879. The van der Waals surface area contributed by atoms with Crippen LogP contribution in [0, 0.1) is 0 Å². The van der Waals surface area contributed by atoms with Crippen LogP contribution < -0.4 is 10.6 Å². The molecule has 1 unspecified atom stereocenters. The molecule has 1 saturated heterocycles. The SMILES string of the molecule is CC(CCN)c1nc(N2CCN(C)CC2)no1. The standard InChI is InChI=1S/C11H21N5O/c1-9(3-4-12)10-13-11(14-17-10)16-7-5-15(2)6-8-16/h9H,3-8,12H2,1-2H3. The summed E-state index contributed by atoms with van der Waals surface area (Å²) in [6.45, 7) is 6.72. The predicted octanol–water partition coefficient (Wildman–Crippen LogP) is 0.274. The van der Waals surface area contributed by atoms with Gasteiger partial charge in [0.15, 0.2) is 0 Å². The highest BCUT2D eigenvalue weighted by molar-refractivity contribution is 5.28. The lowest BCUT2D eigenvalue weighted by molar-refractivity contribution is 0.308. The largest absolute Gasteiger partial charge is 0.337 e. The number of hydrogen-bond donors (Lipinski definition) is 1.